The van der Waals surface area contributed by atoms with E-state index in [-0.39, 0.29) is 18.5 Å². The third-order valence-electron chi connectivity index (χ3n) is 3.11. The van der Waals surface area contributed by atoms with E-state index < -0.39 is 10.0 Å². The van der Waals surface area contributed by atoms with Gasteiger partial charge in [-0.25, -0.2) is 13.1 Å². The van der Waals surface area contributed by atoms with Gasteiger partial charge in [-0.1, -0.05) is 0 Å². The van der Waals surface area contributed by atoms with Gasteiger partial charge < -0.3 is 10.6 Å². The molecule has 1 aliphatic rings. The number of sulfonamides is 1. The van der Waals surface area contributed by atoms with Gasteiger partial charge in [0.15, 0.2) is 0 Å². The lowest BCUT2D eigenvalue weighted by Crippen LogP contribution is -2.50. The molecular formula is C11H19N5O3S. The van der Waals surface area contributed by atoms with Gasteiger partial charge in [0.1, 0.15) is 12.4 Å². The van der Waals surface area contributed by atoms with Crippen LogP contribution in [-0.2, 0) is 21.4 Å². The van der Waals surface area contributed by atoms with Gasteiger partial charge in [0.05, 0.1) is 6.26 Å². The molecule has 0 saturated carbocycles. The SMILES string of the molecule is CS(=O)(=O)NC1CCCN(C(=O)Cn2ccc(N)n2)C1. The van der Waals surface area contributed by atoms with Crippen LogP contribution in [0, 0.1) is 0 Å². The van der Waals surface area contributed by atoms with Crippen molar-refractivity contribution in [1.29, 1.82) is 0 Å². The monoisotopic (exact) mass is 301 g/mol. The summed E-state index contributed by atoms with van der Waals surface area (Å²) in [4.78, 5) is 13.8. The van der Waals surface area contributed by atoms with Crippen molar-refractivity contribution in [3.05, 3.63) is 12.3 Å². The molecule has 0 bridgehead atoms. The molecule has 2 heterocycles. The summed E-state index contributed by atoms with van der Waals surface area (Å²) >= 11 is 0. The van der Waals surface area contributed by atoms with Crippen LogP contribution in [-0.4, -0.2) is 54.4 Å². The Morgan fingerprint density at radius 1 is 1.60 bits per heavy atom. The number of nitrogens with two attached hydrogens (primary N) is 1. The van der Waals surface area contributed by atoms with Gasteiger partial charge in [0.2, 0.25) is 15.9 Å². The van der Waals surface area contributed by atoms with Crippen LogP contribution in [0.2, 0.25) is 0 Å². The highest BCUT2D eigenvalue weighted by Crippen LogP contribution is 2.11. The number of carbonyl (C=O) groups excluding carboxylic acids is 1. The minimum atomic E-state index is -3.25. The Morgan fingerprint density at radius 2 is 2.35 bits per heavy atom. The Labute approximate surface area is 118 Å². The Morgan fingerprint density at radius 3 is 2.95 bits per heavy atom. The summed E-state index contributed by atoms with van der Waals surface area (Å²) in [7, 11) is -3.25. The maximum atomic E-state index is 12.1. The van der Waals surface area contributed by atoms with E-state index in [4.69, 9.17) is 5.73 Å². The van der Waals surface area contributed by atoms with Crippen LogP contribution in [0.4, 0.5) is 5.82 Å². The number of nitrogen functional groups attached to an aromatic ring is 1. The first-order valence-corrected chi connectivity index (χ1v) is 8.26. The average molecular weight is 301 g/mol. The molecule has 112 valence electrons. The Balaban J connectivity index is 1.93. The predicted molar refractivity (Wildman–Crippen MR) is 74.2 cm³/mol. The maximum absolute atomic E-state index is 12.1. The fourth-order valence-electron chi connectivity index (χ4n) is 2.31. The van der Waals surface area contributed by atoms with E-state index in [9.17, 15) is 13.2 Å². The molecule has 1 aromatic rings. The minimum absolute atomic E-state index is 0.0897. The number of nitrogens with one attached hydrogen (secondary N) is 1. The summed E-state index contributed by atoms with van der Waals surface area (Å²) < 4.78 is 26.5. The van der Waals surface area contributed by atoms with E-state index in [0.29, 0.717) is 18.9 Å². The number of carbonyl (C=O) groups is 1. The van der Waals surface area contributed by atoms with Gasteiger partial charge in [-0.3, -0.25) is 9.48 Å². The highest BCUT2D eigenvalue weighted by molar-refractivity contribution is 7.88. The summed E-state index contributed by atoms with van der Waals surface area (Å²) in [5.74, 6) is 0.279. The van der Waals surface area contributed by atoms with Gasteiger partial charge in [-0.2, -0.15) is 5.10 Å². The molecule has 20 heavy (non-hydrogen) atoms. The van der Waals surface area contributed by atoms with Gasteiger partial charge in [0.25, 0.3) is 0 Å². The number of amides is 1. The number of rotatable bonds is 4. The average Bonchev–Trinajstić information content (AvgIpc) is 2.73. The molecule has 0 radical (unpaired) electrons. The molecule has 1 amide bonds. The normalized spacial score (nSPS) is 20.1. The largest absolute Gasteiger partial charge is 0.382 e. The first kappa shape index (κ1) is 14.8. The lowest BCUT2D eigenvalue weighted by atomic mass is 10.1. The van der Waals surface area contributed by atoms with Crippen molar-refractivity contribution in [3.63, 3.8) is 0 Å². The summed E-state index contributed by atoms with van der Waals surface area (Å²) in [6.07, 6.45) is 4.29. The van der Waals surface area contributed by atoms with Crippen molar-refractivity contribution in [2.45, 2.75) is 25.4 Å². The van der Waals surface area contributed by atoms with Crippen molar-refractivity contribution in [2.75, 3.05) is 25.1 Å². The second-order valence-electron chi connectivity index (χ2n) is 5.01. The molecule has 8 nitrogen and oxygen atoms in total. The zero-order valence-corrected chi connectivity index (χ0v) is 12.1. The van der Waals surface area contributed by atoms with Gasteiger partial charge >= 0.3 is 0 Å². The second-order valence-corrected chi connectivity index (χ2v) is 6.79. The number of nitrogens with zero attached hydrogens (tertiary/aromatic N) is 3. The smallest absolute Gasteiger partial charge is 0.244 e. The van der Waals surface area contributed by atoms with Crippen LogP contribution in [0.25, 0.3) is 0 Å². The fourth-order valence-corrected chi connectivity index (χ4v) is 3.10. The fraction of sp³-hybridized carbons (Fsp3) is 0.636. The zero-order chi connectivity index (χ0) is 14.8. The van der Waals surface area contributed by atoms with Crippen LogP contribution in [0.5, 0.6) is 0 Å². The van der Waals surface area contributed by atoms with E-state index in [0.717, 1.165) is 19.1 Å². The standard InChI is InChI=1S/C11H19N5O3S/c1-20(18,19)14-9-3-2-5-15(7-9)11(17)8-16-6-4-10(12)13-16/h4,6,9,14H,2-3,5,7-8H2,1H3,(H2,12,13). The predicted octanol–water partition coefficient (Wildman–Crippen LogP) is -0.994. The molecule has 1 aliphatic heterocycles. The Bertz CT molecular complexity index is 583. The van der Waals surface area contributed by atoms with Crippen molar-refractivity contribution >= 4 is 21.7 Å². The third kappa shape index (κ3) is 4.20. The van der Waals surface area contributed by atoms with E-state index in [2.05, 4.69) is 9.82 Å². The van der Waals surface area contributed by atoms with Gasteiger partial charge in [-0.15, -0.1) is 0 Å². The minimum Gasteiger partial charge on any atom is -0.382 e. The second kappa shape index (κ2) is 5.80. The Kier molecular flexibility index (Phi) is 4.29. The summed E-state index contributed by atoms with van der Waals surface area (Å²) in [6, 6.07) is 1.41. The molecule has 1 aromatic heterocycles. The number of hydrogen-bond donors (Lipinski definition) is 2. The van der Waals surface area contributed by atoms with Crippen LogP contribution in [0.1, 0.15) is 12.8 Å². The maximum Gasteiger partial charge on any atom is 0.244 e. The lowest BCUT2D eigenvalue weighted by molar-refractivity contribution is -0.133. The number of hydrogen-bond acceptors (Lipinski definition) is 5. The molecule has 1 atom stereocenters. The molecule has 0 aliphatic carbocycles. The molecule has 9 heteroatoms. The van der Waals surface area contributed by atoms with Gasteiger partial charge in [-0.05, 0) is 18.9 Å². The summed E-state index contributed by atoms with van der Waals surface area (Å²) in [6.45, 7) is 1.14. The first-order chi connectivity index (χ1) is 9.33. The quantitative estimate of drug-likeness (QED) is 0.741. The van der Waals surface area contributed by atoms with Crippen LogP contribution in [0.15, 0.2) is 12.3 Å². The van der Waals surface area contributed by atoms with Crippen molar-refractivity contribution in [1.82, 2.24) is 19.4 Å². The third-order valence-corrected chi connectivity index (χ3v) is 3.87. The highest BCUT2D eigenvalue weighted by atomic mass is 32.2. The lowest BCUT2D eigenvalue weighted by Gasteiger charge is -2.32. The molecule has 1 saturated heterocycles. The molecule has 1 unspecified atom stereocenters. The summed E-state index contributed by atoms with van der Waals surface area (Å²) in [5, 5.41) is 3.96. The Hall–Kier alpha value is -1.61. The molecule has 1 fully saturated rings. The highest BCUT2D eigenvalue weighted by Gasteiger charge is 2.25. The van der Waals surface area contributed by atoms with Crippen molar-refractivity contribution in [3.8, 4) is 0 Å². The van der Waals surface area contributed by atoms with E-state index in [1.807, 2.05) is 0 Å². The molecule has 2 rings (SSSR count). The molecule has 0 spiro atoms. The number of aromatic nitrogens is 2. The van der Waals surface area contributed by atoms with Gasteiger partial charge in [0, 0.05) is 25.3 Å². The van der Waals surface area contributed by atoms with Crippen molar-refractivity contribution < 1.29 is 13.2 Å². The van der Waals surface area contributed by atoms with E-state index in [1.54, 1.807) is 17.2 Å². The molecule has 0 aromatic carbocycles. The number of likely N-dealkylation sites (tertiary alicyclic amines) is 1. The first-order valence-electron chi connectivity index (χ1n) is 6.37. The summed E-state index contributed by atoms with van der Waals surface area (Å²) in [5.41, 5.74) is 5.49. The number of piperidine rings is 1. The molecule has 3 N–H and O–H groups in total. The van der Waals surface area contributed by atoms with E-state index >= 15 is 0 Å². The van der Waals surface area contributed by atoms with Crippen LogP contribution in [0.3, 0.4) is 0 Å². The topological polar surface area (TPSA) is 110 Å². The molecular weight excluding hydrogens is 282 g/mol. The van der Waals surface area contributed by atoms with Crippen molar-refractivity contribution in [2.24, 2.45) is 0 Å². The zero-order valence-electron chi connectivity index (χ0n) is 11.3. The van der Waals surface area contributed by atoms with Crippen LogP contribution < -0.4 is 10.5 Å². The van der Waals surface area contributed by atoms with E-state index in [1.165, 1.54) is 4.68 Å². The number of anilines is 1. The van der Waals surface area contributed by atoms with Crippen LogP contribution >= 0.6 is 0 Å².